The van der Waals surface area contributed by atoms with E-state index in [-0.39, 0.29) is 30.3 Å². The van der Waals surface area contributed by atoms with Gasteiger partial charge in [0, 0.05) is 32.0 Å². The van der Waals surface area contributed by atoms with Crippen LogP contribution >= 0.6 is 12.4 Å². The third-order valence-corrected chi connectivity index (χ3v) is 6.38. The number of carbonyl (C=O) groups is 2. The van der Waals surface area contributed by atoms with Crippen molar-refractivity contribution in [2.24, 2.45) is 11.8 Å². The fourth-order valence-corrected chi connectivity index (χ4v) is 4.49. The van der Waals surface area contributed by atoms with Crippen molar-refractivity contribution in [3.05, 3.63) is 35.9 Å². The van der Waals surface area contributed by atoms with Gasteiger partial charge in [-0.25, -0.2) is 0 Å². The Bertz CT molecular complexity index is 626. The largest absolute Gasteiger partial charge is 0.353 e. The smallest absolute Gasteiger partial charge is 0.222 e. The van der Waals surface area contributed by atoms with Crippen molar-refractivity contribution in [1.82, 2.24) is 15.5 Å². The number of benzene rings is 1. The van der Waals surface area contributed by atoms with E-state index in [1.54, 1.807) is 0 Å². The second-order valence-corrected chi connectivity index (χ2v) is 8.48. The highest BCUT2D eigenvalue weighted by molar-refractivity contribution is 5.85. The second kappa shape index (κ2) is 12.2. The zero-order valence-corrected chi connectivity index (χ0v) is 18.4. The van der Waals surface area contributed by atoms with Crippen LogP contribution in [0.5, 0.6) is 0 Å². The van der Waals surface area contributed by atoms with E-state index in [4.69, 9.17) is 0 Å². The van der Waals surface area contributed by atoms with Gasteiger partial charge in [0.25, 0.3) is 0 Å². The molecule has 2 N–H and O–H groups in total. The molecule has 1 unspecified atom stereocenters. The van der Waals surface area contributed by atoms with E-state index >= 15 is 0 Å². The maximum atomic E-state index is 12.5. The van der Waals surface area contributed by atoms with Gasteiger partial charge in [0.15, 0.2) is 0 Å². The molecule has 2 heterocycles. The van der Waals surface area contributed by atoms with Gasteiger partial charge >= 0.3 is 0 Å². The van der Waals surface area contributed by atoms with Crippen molar-refractivity contribution in [1.29, 1.82) is 0 Å². The summed E-state index contributed by atoms with van der Waals surface area (Å²) in [4.78, 5) is 26.8. The van der Waals surface area contributed by atoms with Gasteiger partial charge in [-0.15, -0.1) is 12.4 Å². The van der Waals surface area contributed by atoms with Crippen LogP contribution in [-0.2, 0) is 16.0 Å². The summed E-state index contributed by atoms with van der Waals surface area (Å²) in [6, 6.07) is 10.4. The molecule has 0 saturated carbocycles. The first-order chi connectivity index (χ1) is 13.6. The van der Waals surface area contributed by atoms with Gasteiger partial charge in [-0.05, 0) is 62.6 Å². The van der Waals surface area contributed by atoms with Crippen LogP contribution in [0.3, 0.4) is 0 Å². The number of rotatable bonds is 7. The van der Waals surface area contributed by atoms with Crippen LogP contribution in [0.1, 0.15) is 51.0 Å². The fourth-order valence-electron chi connectivity index (χ4n) is 4.49. The molecule has 6 heteroatoms. The summed E-state index contributed by atoms with van der Waals surface area (Å²) in [7, 11) is 0. The van der Waals surface area contributed by atoms with Crippen LogP contribution in [0, 0.1) is 11.8 Å². The number of nitrogens with zero attached hydrogens (tertiary/aromatic N) is 1. The topological polar surface area (TPSA) is 61.4 Å². The molecule has 0 bridgehead atoms. The zero-order valence-electron chi connectivity index (χ0n) is 17.6. The Kier molecular flexibility index (Phi) is 9.95. The number of hydrogen-bond donors (Lipinski definition) is 2. The fraction of sp³-hybridized carbons (Fsp3) is 0.652. The summed E-state index contributed by atoms with van der Waals surface area (Å²) in [6.45, 7) is 5.87. The number of amides is 2. The maximum Gasteiger partial charge on any atom is 0.222 e. The molecule has 2 fully saturated rings. The first-order valence-corrected chi connectivity index (χ1v) is 10.9. The average molecular weight is 422 g/mol. The van der Waals surface area contributed by atoms with Gasteiger partial charge in [-0.3, -0.25) is 9.59 Å². The Morgan fingerprint density at radius 3 is 2.41 bits per heavy atom. The molecule has 0 radical (unpaired) electrons. The quantitative estimate of drug-likeness (QED) is 0.710. The van der Waals surface area contributed by atoms with Gasteiger partial charge in [-0.1, -0.05) is 37.3 Å². The number of hydrogen-bond acceptors (Lipinski definition) is 3. The Morgan fingerprint density at radius 1 is 1.10 bits per heavy atom. The third-order valence-electron chi connectivity index (χ3n) is 6.38. The normalized spacial score (nSPS) is 19.3. The highest BCUT2D eigenvalue weighted by Crippen LogP contribution is 2.24. The highest BCUT2D eigenvalue weighted by atomic mass is 35.5. The molecule has 2 amide bonds. The minimum atomic E-state index is 0. The summed E-state index contributed by atoms with van der Waals surface area (Å²) in [5.74, 6) is 1.52. The molecule has 162 valence electrons. The van der Waals surface area contributed by atoms with E-state index in [0.29, 0.717) is 24.7 Å². The summed E-state index contributed by atoms with van der Waals surface area (Å²) in [5.41, 5.74) is 1.21. The van der Waals surface area contributed by atoms with Gasteiger partial charge < -0.3 is 15.5 Å². The zero-order chi connectivity index (χ0) is 19.8. The number of nitrogens with one attached hydrogen (secondary N) is 2. The lowest BCUT2D eigenvalue weighted by Gasteiger charge is -2.33. The predicted octanol–water partition coefficient (Wildman–Crippen LogP) is 3.17. The second-order valence-electron chi connectivity index (χ2n) is 8.48. The van der Waals surface area contributed by atoms with Crippen LogP contribution in [0.25, 0.3) is 0 Å². The Labute approximate surface area is 181 Å². The lowest BCUT2D eigenvalue weighted by molar-refractivity contribution is -0.132. The Hall–Kier alpha value is -1.59. The Morgan fingerprint density at radius 2 is 1.76 bits per heavy atom. The minimum absolute atomic E-state index is 0. The van der Waals surface area contributed by atoms with Gasteiger partial charge in [0.2, 0.25) is 11.8 Å². The van der Waals surface area contributed by atoms with E-state index in [1.165, 1.54) is 18.4 Å². The van der Waals surface area contributed by atoms with Crippen LogP contribution < -0.4 is 10.6 Å². The molecular formula is C23H36ClN3O2. The predicted molar refractivity (Wildman–Crippen MR) is 119 cm³/mol. The van der Waals surface area contributed by atoms with E-state index in [0.717, 1.165) is 45.4 Å². The molecule has 1 aromatic carbocycles. The number of likely N-dealkylation sites (tertiary alicyclic amines) is 1. The number of halogens is 1. The first-order valence-electron chi connectivity index (χ1n) is 10.9. The monoisotopic (exact) mass is 421 g/mol. The van der Waals surface area contributed by atoms with Gasteiger partial charge in [0.1, 0.15) is 0 Å². The number of aryl methyl sites for hydroxylation is 1. The lowest BCUT2D eigenvalue weighted by Crippen LogP contribution is -2.47. The van der Waals surface area contributed by atoms with Crippen LogP contribution in [0.15, 0.2) is 30.3 Å². The number of piperidine rings is 2. The molecule has 2 saturated heterocycles. The SMILES string of the molecule is CC(CC(=O)NC1CCN(C(=O)CCc2ccccc2)CC1)C1CCNCC1.Cl. The van der Waals surface area contributed by atoms with Crippen molar-refractivity contribution < 1.29 is 9.59 Å². The van der Waals surface area contributed by atoms with Crippen molar-refractivity contribution in [2.45, 2.75) is 57.9 Å². The van der Waals surface area contributed by atoms with Crippen LogP contribution in [-0.4, -0.2) is 48.9 Å². The van der Waals surface area contributed by atoms with Crippen LogP contribution in [0.2, 0.25) is 0 Å². The van der Waals surface area contributed by atoms with Crippen molar-refractivity contribution in [2.75, 3.05) is 26.2 Å². The lowest BCUT2D eigenvalue weighted by atomic mass is 9.84. The Balaban J connectivity index is 0.00000300. The van der Waals surface area contributed by atoms with Crippen molar-refractivity contribution in [3.63, 3.8) is 0 Å². The summed E-state index contributed by atoms with van der Waals surface area (Å²) >= 11 is 0. The standard InChI is InChI=1S/C23H35N3O2.ClH/c1-18(20-9-13-24-14-10-20)17-22(27)25-21-11-15-26(16-12-21)23(28)8-7-19-5-3-2-4-6-19;/h2-6,18,20-21,24H,7-17H2,1H3,(H,25,27);1H. The molecule has 5 nitrogen and oxygen atoms in total. The van der Waals surface area contributed by atoms with E-state index in [9.17, 15) is 9.59 Å². The minimum Gasteiger partial charge on any atom is -0.353 e. The van der Waals surface area contributed by atoms with Crippen molar-refractivity contribution >= 4 is 24.2 Å². The van der Waals surface area contributed by atoms with E-state index < -0.39 is 0 Å². The summed E-state index contributed by atoms with van der Waals surface area (Å²) < 4.78 is 0. The molecule has 29 heavy (non-hydrogen) atoms. The van der Waals surface area contributed by atoms with E-state index in [2.05, 4.69) is 29.7 Å². The molecular weight excluding hydrogens is 386 g/mol. The molecule has 3 rings (SSSR count). The molecule has 0 aromatic heterocycles. The highest BCUT2D eigenvalue weighted by Gasteiger charge is 2.26. The number of carbonyl (C=O) groups excluding carboxylic acids is 2. The van der Waals surface area contributed by atoms with Gasteiger partial charge in [-0.2, -0.15) is 0 Å². The maximum absolute atomic E-state index is 12.5. The molecule has 0 aliphatic carbocycles. The molecule has 1 atom stereocenters. The third kappa shape index (κ3) is 7.63. The summed E-state index contributed by atoms with van der Waals surface area (Å²) in [6.07, 6.45) is 6.07. The molecule has 2 aliphatic rings. The molecule has 1 aromatic rings. The van der Waals surface area contributed by atoms with Crippen LogP contribution in [0.4, 0.5) is 0 Å². The summed E-state index contributed by atoms with van der Waals surface area (Å²) in [5, 5.41) is 6.60. The van der Waals surface area contributed by atoms with Gasteiger partial charge in [0.05, 0.1) is 0 Å². The van der Waals surface area contributed by atoms with Crippen molar-refractivity contribution in [3.8, 4) is 0 Å². The molecule has 0 spiro atoms. The molecule has 2 aliphatic heterocycles. The van der Waals surface area contributed by atoms with E-state index in [1.807, 2.05) is 23.1 Å². The average Bonchev–Trinajstić information content (AvgIpc) is 2.74. The first kappa shape index (κ1) is 23.7.